The summed E-state index contributed by atoms with van der Waals surface area (Å²) >= 11 is 3.42. The summed E-state index contributed by atoms with van der Waals surface area (Å²) in [5.74, 6) is -0.355. The first-order valence-electron chi connectivity index (χ1n) is 7.24. The van der Waals surface area contributed by atoms with E-state index >= 15 is 0 Å². The van der Waals surface area contributed by atoms with Crippen molar-refractivity contribution in [2.24, 2.45) is 0 Å². The van der Waals surface area contributed by atoms with Gasteiger partial charge in [-0.15, -0.1) is 0 Å². The molecule has 0 atom stereocenters. The van der Waals surface area contributed by atoms with Crippen LogP contribution in [0.3, 0.4) is 0 Å². The van der Waals surface area contributed by atoms with Crippen molar-refractivity contribution in [1.82, 2.24) is 4.90 Å². The van der Waals surface area contributed by atoms with Gasteiger partial charge in [-0.2, -0.15) is 0 Å². The standard InChI is InChI=1S/C16H22BrNO3/c1-3-10-18(12-16(20)21-4-2)15(19)9-8-13-6-5-7-14(17)11-13/h5-7,11H,3-4,8-10,12H2,1-2H3. The third-order valence-corrected chi connectivity index (χ3v) is 3.48. The summed E-state index contributed by atoms with van der Waals surface area (Å²) in [4.78, 5) is 25.3. The Morgan fingerprint density at radius 2 is 2.05 bits per heavy atom. The number of aryl methyl sites for hydroxylation is 1. The Kier molecular flexibility index (Phi) is 8.05. The largest absolute Gasteiger partial charge is 0.465 e. The van der Waals surface area contributed by atoms with Crippen LogP contribution in [-0.2, 0) is 20.7 Å². The van der Waals surface area contributed by atoms with Gasteiger partial charge in [-0.05, 0) is 37.5 Å². The van der Waals surface area contributed by atoms with Crippen LogP contribution in [0.25, 0.3) is 0 Å². The van der Waals surface area contributed by atoms with Gasteiger partial charge in [-0.25, -0.2) is 0 Å². The summed E-state index contributed by atoms with van der Waals surface area (Å²) < 4.78 is 5.91. The molecule has 0 saturated heterocycles. The van der Waals surface area contributed by atoms with Crippen LogP contribution in [0.5, 0.6) is 0 Å². The molecule has 4 nitrogen and oxygen atoms in total. The molecule has 1 aromatic rings. The number of benzene rings is 1. The molecule has 0 spiro atoms. The Morgan fingerprint density at radius 1 is 1.29 bits per heavy atom. The second-order valence-electron chi connectivity index (χ2n) is 4.75. The van der Waals surface area contributed by atoms with Gasteiger partial charge in [0.05, 0.1) is 6.61 Å². The average molecular weight is 356 g/mol. The van der Waals surface area contributed by atoms with Crippen LogP contribution in [0.15, 0.2) is 28.7 Å². The topological polar surface area (TPSA) is 46.6 Å². The van der Waals surface area contributed by atoms with Gasteiger partial charge in [0.1, 0.15) is 6.54 Å². The lowest BCUT2D eigenvalue weighted by Gasteiger charge is -2.21. The van der Waals surface area contributed by atoms with Crippen LogP contribution in [0.4, 0.5) is 0 Å². The highest BCUT2D eigenvalue weighted by atomic mass is 79.9. The minimum Gasteiger partial charge on any atom is -0.465 e. The van der Waals surface area contributed by atoms with E-state index in [-0.39, 0.29) is 18.4 Å². The molecule has 21 heavy (non-hydrogen) atoms. The van der Waals surface area contributed by atoms with Crippen molar-refractivity contribution in [1.29, 1.82) is 0 Å². The molecule has 5 heteroatoms. The maximum absolute atomic E-state index is 12.2. The van der Waals surface area contributed by atoms with Crippen molar-refractivity contribution in [3.63, 3.8) is 0 Å². The van der Waals surface area contributed by atoms with Crippen molar-refractivity contribution >= 4 is 27.8 Å². The van der Waals surface area contributed by atoms with Gasteiger partial charge in [-0.1, -0.05) is 35.0 Å². The number of ether oxygens (including phenoxy) is 1. The Hall–Kier alpha value is -1.36. The molecule has 0 unspecified atom stereocenters. The van der Waals surface area contributed by atoms with Gasteiger partial charge in [0.25, 0.3) is 0 Å². The highest BCUT2D eigenvalue weighted by molar-refractivity contribution is 9.10. The maximum atomic E-state index is 12.2. The lowest BCUT2D eigenvalue weighted by molar-refractivity contribution is -0.149. The molecule has 116 valence electrons. The van der Waals surface area contributed by atoms with E-state index in [9.17, 15) is 9.59 Å². The number of hydrogen-bond donors (Lipinski definition) is 0. The third-order valence-electron chi connectivity index (χ3n) is 2.99. The number of halogens is 1. The molecule has 0 aromatic heterocycles. The summed E-state index contributed by atoms with van der Waals surface area (Å²) in [6.45, 7) is 4.71. The summed E-state index contributed by atoms with van der Waals surface area (Å²) in [6.07, 6.45) is 1.89. The Morgan fingerprint density at radius 3 is 2.67 bits per heavy atom. The van der Waals surface area contributed by atoms with Crippen molar-refractivity contribution < 1.29 is 14.3 Å². The lowest BCUT2D eigenvalue weighted by Crippen LogP contribution is -2.37. The monoisotopic (exact) mass is 355 g/mol. The van der Waals surface area contributed by atoms with E-state index < -0.39 is 0 Å². The number of rotatable bonds is 8. The second kappa shape index (κ2) is 9.55. The van der Waals surface area contributed by atoms with Crippen molar-refractivity contribution in [2.75, 3.05) is 19.7 Å². The number of nitrogens with zero attached hydrogens (tertiary/aromatic N) is 1. The number of carbonyl (C=O) groups is 2. The van der Waals surface area contributed by atoms with E-state index in [2.05, 4.69) is 15.9 Å². The number of hydrogen-bond acceptors (Lipinski definition) is 3. The molecule has 0 aliphatic rings. The summed E-state index contributed by atoms with van der Waals surface area (Å²) in [7, 11) is 0. The van der Waals surface area contributed by atoms with Crippen LogP contribution in [0, 0.1) is 0 Å². The number of esters is 1. The molecule has 0 heterocycles. The predicted octanol–water partition coefficient (Wildman–Crippen LogP) is 3.18. The first-order valence-corrected chi connectivity index (χ1v) is 8.04. The molecule has 0 bridgehead atoms. The Bertz CT molecular complexity index is 476. The zero-order valence-electron chi connectivity index (χ0n) is 12.6. The zero-order valence-corrected chi connectivity index (χ0v) is 14.2. The minimum atomic E-state index is -0.346. The quantitative estimate of drug-likeness (QED) is 0.672. The fourth-order valence-corrected chi connectivity index (χ4v) is 2.47. The molecule has 0 radical (unpaired) electrons. The van der Waals surface area contributed by atoms with Crippen LogP contribution in [0.1, 0.15) is 32.3 Å². The molecule has 0 N–H and O–H groups in total. The smallest absolute Gasteiger partial charge is 0.325 e. The summed E-state index contributed by atoms with van der Waals surface area (Å²) in [5.41, 5.74) is 1.10. The summed E-state index contributed by atoms with van der Waals surface area (Å²) in [5, 5.41) is 0. The van der Waals surface area contributed by atoms with E-state index in [1.165, 1.54) is 0 Å². The molecule has 1 aromatic carbocycles. The van der Waals surface area contributed by atoms with Gasteiger partial charge >= 0.3 is 5.97 Å². The van der Waals surface area contributed by atoms with Crippen LogP contribution in [-0.4, -0.2) is 36.5 Å². The van der Waals surface area contributed by atoms with Crippen molar-refractivity contribution in [3.05, 3.63) is 34.3 Å². The SMILES string of the molecule is CCCN(CC(=O)OCC)C(=O)CCc1cccc(Br)c1. The van der Waals surface area contributed by atoms with Gasteiger partial charge in [-0.3, -0.25) is 9.59 Å². The third kappa shape index (κ3) is 6.76. The normalized spacial score (nSPS) is 10.2. The first kappa shape index (κ1) is 17.7. The highest BCUT2D eigenvalue weighted by Crippen LogP contribution is 2.13. The molecule has 0 saturated carbocycles. The summed E-state index contributed by atoms with van der Waals surface area (Å²) in [6, 6.07) is 7.90. The fraction of sp³-hybridized carbons (Fsp3) is 0.500. The molecule has 1 rings (SSSR count). The van der Waals surface area contributed by atoms with E-state index in [1.54, 1.807) is 11.8 Å². The second-order valence-corrected chi connectivity index (χ2v) is 5.67. The lowest BCUT2D eigenvalue weighted by atomic mass is 10.1. The van der Waals surface area contributed by atoms with Crippen molar-refractivity contribution in [3.8, 4) is 0 Å². The number of carbonyl (C=O) groups excluding carboxylic acids is 2. The zero-order chi connectivity index (χ0) is 15.7. The van der Waals surface area contributed by atoms with E-state index in [0.717, 1.165) is 16.5 Å². The molecule has 0 aliphatic carbocycles. The molecule has 0 aliphatic heterocycles. The van der Waals surface area contributed by atoms with Gasteiger partial charge in [0.15, 0.2) is 0 Å². The van der Waals surface area contributed by atoms with Gasteiger partial charge in [0, 0.05) is 17.4 Å². The number of amides is 1. The highest BCUT2D eigenvalue weighted by Gasteiger charge is 2.16. The van der Waals surface area contributed by atoms with E-state index in [0.29, 0.717) is 26.0 Å². The Labute approximate surface area is 134 Å². The van der Waals surface area contributed by atoms with Crippen LogP contribution < -0.4 is 0 Å². The molecule has 0 fully saturated rings. The average Bonchev–Trinajstić information content (AvgIpc) is 2.44. The Balaban J connectivity index is 2.54. The van der Waals surface area contributed by atoms with Crippen LogP contribution in [0.2, 0.25) is 0 Å². The van der Waals surface area contributed by atoms with Gasteiger partial charge in [0.2, 0.25) is 5.91 Å². The van der Waals surface area contributed by atoms with Crippen molar-refractivity contribution in [2.45, 2.75) is 33.1 Å². The fourth-order valence-electron chi connectivity index (χ4n) is 2.03. The molecular formula is C16H22BrNO3. The van der Waals surface area contributed by atoms with E-state index in [4.69, 9.17) is 4.74 Å². The maximum Gasteiger partial charge on any atom is 0.325 e. The van der Waals surface area contributed by atoms with Gasteiger partial charge < -0.3 is 9.64 Å². The van der Waals surface area contributed by atoms with Crippen LogP contribution >= 0.6 is 15.9 Å². The molecular weight excluding hydrogens is 334 g/mol. The predicted molar refractivity (Wildman–Crippen MR) is 86.0 cm³/mol. The van der Waals surface area contributed by atoms with E-state index in [1.807, 2.05) is 31.2 Å². The minimum absolute atomic E-state index is 0.00937. The molecule has 1 amide bonds. The first-order chi connectivity index (χ1) is 10.1.